The molecule has 5 rings (SSSR count). The molecule has 1 heterocycles. The van der Waals surface area contributed by atoms with Crippen LogP contribution >= 0.6 is 11.6 Å². The lowest BCUT2D eigenvalue weighted by atomic mass is 10.1. The van der Waals surface area contributed by atoms with Gasteiger partial charge in [-0.25, -0.2) is 0 Å². The summed E-state index contributed by atoms with van der Waals surface area (Å²) in [5.74, 6) is 0.414. The largest absolute Gasteiger partial charge is 0.489 e. The zero-order chi connectivity index (χ0) is 29.7. The molecular formula is C36H37ClO6. The predicted molar refractivity (Wildman–Crippen MR) is 166 cm³/mol. The van der Waals surface area contributed by atoms with Gasteiger partial charge in [0.05, 0.1) is 26.4 Å². The van der Waals surface area contributed by atoms with E-state index in [4.69, 9.17) is 40.0 Å². The van der Waals surface area contributed by atoms with E-state index in [-0.39, 0.29) is 18.2 Å². The van der Waals surface area contributed by atoms with Crippen molar-refractivity contribution in [1.29, 1.82) is 0 Å². The van der Waals surface area contributed by atoms with Crippen LogP contribution in [0.2, 0.25) is 0 Å². The highest BCUT2D eigenvalue weighted by Crippen LogP contribution is 2.34. The molecule has 1 aliphatic rings. The Morgan fingerprint density at radius 3 is 1.58 bits per heavy atom. The minimum Gasteiger partial charge on any atom is -0.489 e. The number of halogens is 1. The van der Waals surface area contributed by atoms with E-state index in [1.807, 2.05) is 121 Å². The van der Waals surface area contributed by atoms with E-state index in [9.17, 15) is 0 Å². The molecule has 0 aromatic heterocycles. The highest BCUT2D eigenvalue weighted by atomic mass is 35.5. The fourth-order valence-electron chi connectivity index (χ4n) is 4.83. The molecule has 4 aromatic carbocycles. The Hall–Kier alpha value is -3.49. The summed E-state index contributed by atoms with van der Waals surface area (Å²) in [7, 11) is 1.55. The van der Waals surface area contributed by atoms with E-state index in [0.29, 0.717) is 25.6 Å². The van der Waals surface area contributed by atoms with Gasteiger partial charge in [-0.05, 0) is 22.3 Å². The normalized spacial score (nSPS) is 20.5. The molecule has 0 bridgehead atoms. The molecule has 0 unspecified atom stereocenters. The van der Waals surface area contributed by atoms with Crippen LogP contribution in [0.25, 0.3) is 0 Å². The maximum absolute atomic E-state index is 7.00. The van der Waals surface area contributed by atoms with E-state index >= 15 is 0 Å². The molecule has 7 heteroatoms. The van der Waals surface area contributed by atoms with Gasteiger partial charge in [0.25, 0.3) is 0 Å². The van der Waals surface area contributed by atoms with Crippen molar-refractivity contribution in [3.8, 4) is 0 Å². The Balaban J connectivity index is 1.46. The van der Waals surface area contributed by atoms with E-state index in [1.165, 1.54) is 0 Å². The maximum Gasteiger partial charge on any atom is 0.198 e. The smallest absolute Gasteiger partial charge is 0.198 e. The molecule has 0 fully saturated rings. The fourth-order valence-corrected chi connectivity index (χ4v) is 5.13. The first-order valence-corrected chi connectivity index (χ1v) is 14.8. The third kappa shape index (κ3) is 9.00. The number of hydrogen-bond acceptors (Lipinski definition) is 6. The number of hydrogen-bond donors (Lipinski definition) is 0. The van der Waals surface area contributed by atoms with Crippen LogP contribution in [0.15, 0.2) is 132 Å². The molecule has 0 saturated heterocycles. The van der Waals surface area contributed by atoms with Crippen molar-refractivity contribution in [3.63, 3.8) is 0 Å². The van der Waals surface area contributed by atoms with E-state index in [0.717, 1.165) is 22.3 Å². The Morgan fingerprint density at radius 1 is 0.605 bits per heavy atom. The van der Waals surface area contributed by atoms with Gasteiger partial charge in [0, 0.05) is 7.11 Å². The molecule has 0 N–H and O–H groups in total. The van der Waals surface area contributed by atoms with Gasteiger partial charge in [-0.2, -0.15) is 0 Å². The van der Waals surface area contributed by atoms with Gasteiger partial charge in [-0.3, -0.25) is 0 Å². The van der Waals surface area contributed by atoms with Gasteiger partial charge in [0.1, 0.15) is 35.7 Å². The van der Waals surface area contributed by atoms with Crippen LogP contribution in [0.1, 0.15) is 22.3 Å². The minimum atomic E-state index is -0.897. The Bertz CT molecular complexity index is 1380. The van der Waals surface area contributed by atoms with Gasteiger partial charge >= 0.3 is 0 Å². The summed E-state index contributed by atoms with van der Waals surface area (Å²) in [5.41, 5.74) is 4.07. The second-order valence-electron chi connectivity index (χ2n) is 10.2. The number of methoxy groups -OCH3 is 1. The summed E-state index contributed by atoms with van der Waals surface area (Å²) in [4.78, 5) is 0. The molecule has 0 saturated carbocycles. The van der Waals surface area contributed by atoms with Gasteiger partial charge in [-0.15, -0.1) is 0 Å². The summed E-state index contributed by atoms with van der Waals surface area (Å²) in [6, 6.07) is 39.9. The van der Waals surface area contributed by atoms with Crippen molar-refractivity contribution in [2.45, 2.75) is 51.0 Å². The van der Waals surface area contributed by atoms with Crippen molar-refractivity contribution in [2.24, 2.45) is 0 Å². The lowest BCUT2D eigenvalue weighted by Crippen LogP contribution is -2.45. The second-order valence-corrected chi connectivity index (χ2v) is 10.6. The molecule has 0 aliphatic carbocycles. The lowest BCUT2D eigenvalue weighted by molar-refractivity contribution is -0.201. The molecule has 224 valence electrons. The zero-order valence-electron chi connectivity index (χ0n) is 24.2. The first kappa shape index (κ1) is 31.0. The standard InChI is InChI=1S/C36H37ClO6/c1-38-36-32(37)34(41-24-29-18-10-4-11-19-29)35(42-25-30-20-12-5-13-21-30)33(40-23-28-16-8-3-9-17-28)31(43-36)26-39-22-27-14-6-2-7-15-27/h2-21,31,33,35-36H,22-26H2,1H3/t31-,33-,35+,36+/m1/s1. The molecule has 0 amide bonds. The van der Waals surface area contributed by atoms with Gasteiger partial charge in [0.15, 0.2) is 6.29 Å². The summed E-state index contributed by atoms with van der Waals surface area (Å²) < 4.78 is 38.1. The van der Waals surface area contributed by atoms with E-state index in [1.54, 1.807) is 7.11 Å². The van der Waals surface area contributed by atoms with Crippen LogP contribution in [-0.2, 0) is 54.8 Å². The van der Waals surface area contributed by atoms with Crippen LogP contribution in [0.5, 0.6) is 0 Å². The summed E-state index contributed by atoms with van der Waals surface area (Å²) in [6.45, 7) is 1.56. The third-order valence-corrected chi connectivity index (χ3v) is 7.43. The molecule has 4 aromatic rings. The Morgan fingerprint density at radius 2 is 1.07 bits per heavy atom. The van der Waals surface area contributed by atoms with Crippen LogP contribution in [0, 0.1) is 0 Å². The quantitative estimate of drug-likeness (QED) is 0.150. The average Bonchev–Trinajstić information content (AvgIpc) is 3.17. The summed E-state index contributed by atoms with van der Waals surface area (Å²) in [6.07, 6.45) is -2.85. The molecule has 4 atom stereocenters. The maximum atomic E-state index is 7.00. The summed E-state index contributed by atoms with van der Waals surface area (Å²) >= 11 is 7.00. The van der Waals surface area contributed by atoms with Gasteiger partial charge < -0.3 is 28.4 Å². The first-order chi connectivity index (χ1) is 21.2. The lowest BCUT2D eigenvalue weighted by Gasteiger charge is -2.32. The highest BCUT2D eigenvalue weighted by molar-refractivity contribution is 6.30. The van der Waals surface area contributed by atoms with Crippen molar-refractivity contribution in [1.82, 2.24) is 0 Å². The van der Waals surface area contributed by atoms with Gasteiger partial charge in [0.2, 0.25) is 0 Å². The molecule has 6 nitrogen and oxygen atoms in total. The highest BCUT2D eigenvalue weighted by Gasteiger charge is 2.43. The third-order valence-electron chi connectivity index (χ3n) is 7.07. The monoisotopic (exact) mass is 600 g/mol. The zero-order valence-corrected chi connectivity index (χ0v) is 25.0. The average molecular weight is 601 g/mol. The Kier molecular flexibility index (Phi) is 11.8. The van der Waals surface area contributed by atoms with Crippen LogP contribution in [0.3, 0.4) is 0 Å². The van der Waals surface area contributed by atoms with Crippen molar-refractivity contribution >= 4 is 11.6 Å². The predicted octanol–water partition coefficient (Wildman–Crippen LogP) is 7.41. The fraction of sp³-hybridized carbons (Fsp3) is 0.278. The van der Waals surface area contributed by atoms with Crippen LogP contribution in [0.4, 0.5) is 0 Å². The Labute approximate surface area is 258 Å². The van der Waals surface area contributed by atoms with Crippen molar-refractivity contribution < 1.29 is 28.4 Å². The topological polar surface area (TPSA) is 55.4 Å². The van der Waals surface area contributed by atoms with Crippen molar-refractivity contribution in [2.75, 3.05) is 13.7 Å². The number of rotatable bonds is 14. The number of ether oxygens (including phenoxy) is 6. The molecular weight excluding hydrogens is 564 g/mol. The molecule has 43 heavy (non-hydrogen) atoms. The van der Waals surface area contributed by atoms with Crippen LogP contribution < -0.4 is 0 Å². The minimum absolute atomic E-state index is 0.218. The molecule has 0 spiro atoms. The van der Waals surface area contributed by atoms with Crippen molar-refractivity contribution in [3.05, 3.63) is 154 Å². The molecule has 0 radical (unpaired) electrons. The van der Waals surface area contributed by atoms with E-state index < -0.39 is 24.6 Å². The van der Waals surface area contributed by atoms with E-state index in [2.05, 4.69) is 0 Å². The molecule has 1 aliphatic heterocycles. The second kappa shape index (κ2) is 16.4. The SMILES string of the molecule is CO[C@H]1O[C@H](COCc2ccccc2)[C@@H](OCc2ccccc2)[C@H](OCc2ccccc2)C(OCc2ccccc2)=C1Cl. The van der Waals surface area contributed by atoms with Gasteiger partial charge in [-0.1, -0.05) is 133 Å². The summed E-state index contributed by atoms with van der Waals surface area (Å²) in [5, 5.41) is 0.273. The van der Waals surface area contributed by atoms with Crippen LogP contribution in [-0.4, -0.2) is 38.3 Å². The number of benzene rings is 4. The first-order valence-electron chi connectivity index (χ1n) is 14.4.